The van der Waals surface area contributed by atoms with E-state index in [0.29, 0.717) is 0 Å². The molecule has 0 saturated carbocycles. The van der Waals surface area contributed by atoms with Gasteiger partial charge in [0, 0.05) is 0 Å². The maximum atomic E-state index is 2.40. The van der Waals surface area contributed by atoms with E-state index >= 15 is 0 Å². The maximum absolute atomic E-state index is 2.40. The minimum absolute atomic E-state index is 0.974. The van der Waals surface area contributed by atoms with Crippen molar-refractivity contribution in [1.82, 2.24) is 0 Å². The van der Waals surface area contributed by atoms with Gasteiger partial charge in [-0.05, 0) is 11.8 Å². The maximum Gasteiger partial charge on any atom is -0.0443 e. The second-order valence-electron chi connectivity index (χ2n) is 10.6. The molecular weight excluding hydrogens is 384 g/mol. The number of hydrogen-bond acceptors (Lipinski definition) is 0. The molecule has 0 rings (SSSR count). The highest BCUT2D eigenvalue weighted by Crippen LogP contribution is 2.16. The summed E-state index contributed by atoms with van der Waals surface area (Å²) in [6, 6.07) is 0. The topological polar surface area (TPSA) is 0 Å². The molecule has 0 fully saturated rings. The summed E-state index contributed by atoms with van der Waals surface area (Å²) in [4.78, 5) is 0. The van der Waals surface area contributed by atoms with Gasteiger partial charge in [-0.2, -0.15) is 0 Å². The van der Waals surface area contributed by atoms with Crippen LogP contribution in [0.4, 0.5) is 0 Å². The van der Waals surface area contributed by atoms with Crippen LogP contribution in [-0.2, 0) is 0 Å². The second kappa shape index (κ2) is 35.6. The van der Waals surface area contributed by atoms with Crippen molar-refractivity contribution >= 4 is 0 Å². The van der Waals surface area contributed by atoms with Gasteiger partial charge in [0.05, 0.1) is 0 Å². The molecule has 0 spiro atoms. The minimum atomic E-state index is 0.974. The smallest absolute Gasteiger partial charge is 0.0443 e. The third-order valence-electron chi connectivity index (χ3n) is 6.66. The predicted molar refractivity (Wildman–Crippen MR) is 154 cm³/mol. The van der Waals surface area contributed by atoms with E-state index in [4.69, 9.17) is 0 Å². The van der Waals surface area contributed by atoms with E-state index in [0.717, 1.165) is 11.8 Å². The van der Waals surface area contributed by atoms with E-state index in [1.807, 2.05) is 0 Å². The first kappa shape index (κ1) is 36.6. The van der Waals surface area contributed by atoms with Crippen molar-refractivity contribution in [3.05, 3.63) is 0 Å². The molecule has 0 aromatic heterocycles. The van der Waals surface area contributed by atoms with Gasteiger partial charge in [-0.3, -0.25) is 0 Å². The lowest BCUT2D eigenvalue weighted by Crippen LogP contribution is -1.94. The lowest BCUT2D eigenvalue weighted by molar-refractivity contribution is 0.445. The van der Waals surface area contributed by atoms with Crippen molar-refractivity contribution in [2.45, 2.75) is 197 Å². The summed E-state index contributed by atoms with van der Waals surface area (Å²) in [5.74, 6) is 1.95. The zero-order valence-electron chi connectivity index (χ0n) is 24.7. The zero-order valence-corrected chi connectivity index (χ0v) is 24.7. The molecule has 0 aliphatic heterocycles. The summed E-state index contributed by atoms with van der Waals surface area (Å²) in [5.41, 5.74) is 0. The van der Waals surface area contributed by atoms with Gasteiger partial charge < -0.3 is 0 Å². The Morgan fingerprint density at radius 1 is 0.281 bits per heavy atom. The molecule has 0 N–H and O–H groups in total. The Kier molecular flexibility index (Phi) is 40.7. The van der Waals surface area contributed by atoms with Crippen LogP contribution in [0.15, 0.2) is 0 Å². The van der Waals surface area contributed by atoms with E-state index in [1.54, 1.807) is 0 Å². The first-order valence-electron chi connectivity index (χ1n) is 15.5. The largest absolute Gasteiger partial charge is 0.0654 e. The van der Waals surface area contributed by atoms with E-state index < -0.39 is 0 Å². The summed E-state index contributed by atoms with van der Waals surface area (Å²) in [6.07, 6.45) is 31.3. The van der Waals surface area contributed by atoms with Gasteiger partial charge >= 0.3 is 0 Å². The van der Waals surface area contributed by atoms with Gasteiger partial charge in [-0.25, -0.2) is 0 Å². The lowest BCUT2D eigenvalue weighted by Gasteiger charge is -2.09. The quantitative estimate of drug-likeness (QED) is 0.151. The Balaban J connectivity index is -0.000000404. The van der Waals surface area contributed by atoms with Crippen LogP contribution in [0.5, 0.6) is 0 Å². The SMILES string of the molecule is CCCCCCC(C)CCCC.CCCCCCC(C)CCCC.CCCCCCCC. The number of hydrogen-bond donors (Lipinski definition) is 0. The van der Waals surface area contributed by atoms with Crippen molar-refractivity contribution < 1.29 is 0 Å². The van der Waals surface area contributed by atoms with E-state index in [9.17, 15) is 0 Å². The average molecular weight is 455 g/mol. The van der Waals surface area contributed by atoms with E-state index in [-0.39, 0.29) is 0 Å². The van der Waals surface area contributed by atoms with Crippen molar-refractivity contribution in [3.8, 4) is 0 Å². The monoisotopic (exact) mass is 455 g/mol. The van der Waals surface area contributed by atoms with Crippen LogP contribution in [0, 0.1) is 11.8 Å². The summed E-state index contributed by atoms with van der Waals surface area (Å²) < 4.78 is 0. The fourth-order valence-electron chi connectivity index (χ4n) is 4.09. The normalized spacial score (nSPS) is 12.4. The molecule has 0 aliphatic rings. The molecule has 0 saturated heterocycles. The molecule has 0 amide bonds. The Morgan fingerprint density at radius 2 is 0.500 bits per heavy atom. The zero-order chi connectivity index (χ0) is 24.7. The standard InChI is InChI=1S/2C12H26.C8H18/c2*1-4-6-8-9-11-12(3)10-7-5-2;1-3-5-7-8-6-4-2/h2*12H,4-11H2,1-3H3;3-8H2,1-2H3. The van der Waals surface area contributed by atoms with Crippen LogP contribution >= 0.6 is 0 Å². The van der Waals surface area contributed by atoms with Crippen molar-refractivity contribution in [3.63, 3.8) is 0 Å². The van der Waals surface area contributed by atoms with Crippen LogP contribution in [0.1, 0.15) is 197 Å². The molecule has 0 radical (unpaired) electrons. The predicted octanol–water partition coefficient (Wildman–Crippen LogP) is 12.9. The molecule has 32 heavy (non-hydrogen) atoms. The van der Waals surface area contributed by atoms with Crippen LogP contribution in [-0.4, -0.2) is 0 Å². The molecular formula is C32H70. The summed E-state index contributed by atoms with van der Waals surface area (Å²) in [5, 5.41) is 0. The Labute approximate surface area is 208 Å². The third kappa shape index (κ3) is 40.4. The highest BCUT2D eigenvalue weighted by Gasteiger charge is 2.01. The molecule has 0 heteroatoms. The van der Waals surface area contributed by atoms with Crippen molar-refractivity contribution in [1.29, 1.82) is 0 Å². The molecule has 0 aromatic rings. The van der Waals surface area contributed by atoms with Gasteiger partial charge in [-0.1, -0.05) is 197 Å². The van der Waals surface area contributed by atoms with Crippen LogP contribution in [0.25, 0.3) is 0 Å². The van der Waals surface area contributed by atoms with Crippen LogP contribution < -0.4 is 0 Å². The fourth-order valence-corrected chi connectivity index (χ4v) is 4.09. The highest BCUT2D eigenvalue weighted by atomic mass is 14.1. The molecule has 0 nitrogen and oxygen atoms in total. The molecule has 0 bridgehead atoms. The Bertz CT molecular complexity index is 241. The van der Waals surface area contributed by atoms with Crippen molar-refractivity contribution in [2.24, 2.45) is 11.8 Å². The summed E-state index contributed by atoms with van der Waals surface area (Å²) in [7, 11) is 0. The molecule has 2 unspecified atom stereocenters. The molecule has 0 aliphatic carbocycles. The first-order chi connectivity index (χ1) is 15.5. The minimum Gasteiger partial charge on any atom is -0.0654 e. The highest BCUT2D eigenvalue weighted by molar-refractivity contribution is 4.54. The fraction of sp³-hybridized carbons (Fsp3) is 1.00. The summed E-state index contributed by atoms with van der Waals surface area (Å²) >= 11 is 0. The van der Waals surface area contributed by atoms with Crippen LogP contribution in [0.3, 0.4) is 0 Å². The second-order valence-corrected chi connectivity index (χ2v) is 10.6. The molecule has 2 atom stereocenters. The first-order valence-corrected chi connectivity index (χ1v) is 15.5. The van der Waals surface area contributed by atoms with Crippen LogP contribution in [0.2, 0.25) is 0 Å². The summed E-state index contributed by atoms with van der Waals surface area (Å²) in [6.45, 7) is 18.4. The average Bonchev–Trinajstić information content (AvgIpc) is 2.80. The van der Waals surface area contributed by atoms with E-state index in [2.05, 4.69) is 55.4 Å². The van der Waals surface area contributed by atoms with E-state index in [1.165, 1.54) is 141 Å². The lowest BCUT2D eigenvalue weighted by atomic mass is 9.97. The molecule has 0 heterocycles. The molecule has 0 aromatic carbocycles. The number of unbranched alkanes of at least 4 members (excludes halogenated alkanes) is 13. The van der Waals surface area contributed by atoms with Gasteiger partial charge in [0.15, 0.2) is 0 Å². The van der Waals surface area contributed by atoms with Gasteiger partial charge in [0.1, 0.15) is 0 Å². The molecule has 198 valence electrons. The third-order valence-corrected chi connectivity index (χ3v) is 6.66. The Morgan fingerprint density at radius 3 is 0.750 bits per heavy atom. The van der Waals surface area contributed by atoms with Gasteiger partial charge in [0.25, 0.3) is 0 Å². The van der Waals surface area contributed by atoms with Crippen molar-refractivity contribution in [2.75, 3.05) is 0 Å². The Hall–Kier alpha value is 0. The van der Waals surface area contributed by atoms with Gasteiger partial charge in [-0.15, -0.1) is 0 Å². The van der Waals surface area contributed by atoms with Gasteiger partial charge in [0.2, 0.25) is 0 Å². The number of rotatable bonds is 21.